The lowest BCUT2D eigenvalue weighted by atomic mass is 10.1. The summed E-state index contributed by atoms with van der Waals surface area (Å²) in [6, 6.07) is 4.30. The van der Waals surface area contributed by atoms with E-state index in [-0.39, 0.29) is 5.02 Å². The molecule has 1 N–H and O–H groups in total. The third-order valence-electron chi connectivity index (χ3n) is 1.89. The molecule has 0 radical (unpaired) electrons. The average Bonchev–Trinajstić information content (AvgIpc) is 2.10. The normalized spacial score (nSPS) is 12.9. The largest absolute Gasteiger partial charge is 0.388 e. The van der Waals surface area contributed by atoms with Crippen LogP contribution in [0.4, 0.5) is 4.39 Å². The van der Waals surface area contributed by atoms with Gasteiger partial charge < -0.3 is 5.11 Å². The molecule has 72 valence electrons. The molecule has 1 atom stereocenters. The van der Waals surface area contributed by atoms with Crippen molar-refractivity contribution in [2.45, 2.75) is 25.9 Å². The van der Waals surface area contributed by atoms with Gasteiger partial charge in [0.15, 0.2) is 0 Å². The Bertz CT molecular complexity index is 288. The molecule has 0 aliphatic carbocycles. The summed E-state index contributed by atoms with van der Waals surface area (Å²) in [6.07, 6.45) is 1.01. The van der Waals surface area contributed by atoms with Crippen LogP contribution in [0.3, 0.4) is 0 Å². The van der Waals surface area contributed by atoms with Gasteiger partial charge >= 0.3 is 0 Å². The Kier molecular flexibility index (Phi) is 3.70. The molecule has 1 aromatic carbocycles. The van der Waals surface area contributed by atoms with Crippen molar-refractivity contribution in [1.29, 1.82) is 0 Å². The quantitative estimate of drug-likeness (QED) is 0.798. The number of aliphatic hydroxyl groups is 1. The van der Waals surface area contributed by atoms with Crippen LogP contribution >= 0.6 is 11.6 Å². The molecule has 0 aliphatic heterocycles. The second kappa shape index (κ2) is 4.58. The Hall–Kier alpha value is -0.600. The molecule has 0 bridgehead atoms. The first-order chi connectivity index (χ1) is 6.15. The van der Waals surface area contributed by atoms with Gasteiger partial charge in [-0.1, -0.05) is 31.0 Å². The number of hydrogen-bond acceptors (Lipinski definition) is 1. The van der Waals surface area contributed by atoms with Gasteiger partial charge in [0.1, 0.15) is 5.82 Å². The fourth-order valence-electron chi connectivity index (χ4n) is 1.16. The van der Waals surface area contributed by atoms with E-state index in [0.29, 0.717) is 12.0 Å². The van der Waals surface area contributed by atoms with Gasteiger partial charge in [0.25, 0.3) is 0 Å². The summed E-state index contributed by atoms with van der Waals surface area (Å²) in [6.45, 7) is 1.98. The molecule has 0 amide bonds. The van der Waals surface area contributed by atoms with Crippen molar-refractivity contribution in [3.63, 3.8) is 0 Å². The van der Waals surface area contributed by atoms with Crippen molar-refractivity contribution in [1.82, 2.24) is 0 Å². The first-order valence-corrected chi connectivity index (χ1v) is 4.66. The lowest BCUT2D eigenvalue weighted by Gasteiger charge is -2.09. The van der Waals surface area contributed by atoms with Gasteiger partial charge in [-0.3, -0.25) is 0 Å². The maximum atomic E-state index is 12.7. The number of aliphatic hydroxyl groups excluding tert-OH is 1. The average molecular weight is 203 g/mol. The van der Waals surface area contributed by atoms with Gasteiger partial charge in [0, 0.05) is 0 Å². The highest BCUT2D eigenvalue weighted by Crippen LogP contribution is 2.23. The predicted octanol–water partition coefficient (Wildman–Crippen LogP) is 3.31. The topological polar surface area (TPSA) is 20.2 Å². The highest BCUT2D eigenvalue weighted by Gasteiger charge is 2.08. The van der Waals surface area contributed by atoms with Crippen LogP contribution in [0.2, 0.25) is 5.02 Å². The van der Waals surface area contributed by atoms with E-state index in [1.165, 1.54) is 12.1 Å². The van der Waals surface area contributed by atoms with Crippen molar-refractivity contribution in [3.8, 4) is 0 Å². The maximum absolute atomic E-state index is 12.7. The number of benzene rings is 1. The first kappa shape index (κ1) is 10.5. The standard InChI is InChI=1S/C10H12ClFO/c1-2-3-10(13)7-4-5-9(12)8(11)6-7/h4-6,10,13H,2-3H2,1H3/t10-/m1/s1. The van der Waals surface area contributed by atoms with Crippen LogP contribution in [0.5, 0.6) is 0 Å². The second-order valence-corrected chi connectivity index (χ2v) is 3.39. The molecule has 0 saturated carbocycles. The minimum absolute atomic E-state index is 0.0626. The second-order valence-electron chi connectivity index (χ2n) is 2.98. The van der Waals surface area contributed by atoms with Gasteiger partial charge in [-0.15, -0.1) is 0 Å². The van der Waals surface area contributed by atoms with Gasteiger partial charge in [0.05, 0.1) is 11.1 Å². The number of halogens is 2. The molecule has 0 spiro atoms. The SMILES string of the molecule is CCC[C@@H](O)c1ccc(F)c(Cl)c1. The summed E-state index contributed by atoms with van der Waals surface area (Å²) >= 11 is 5.57. The summed E-state index contributed by atoms with van der Waals surface area (Å²) in [4.78, 5) is 0. The van der Waals surface area contributed by atoms with Gasteiger partial charge in [-0.2, -0.15) is 0 Å². The Balaban J connectivity index is 2.84. The molecule has 0 fully saturated rings. The van der Waals surface area contributed by atoms with Gasteiger partial charge in [-0.25, -0.2) is 4.39 Å². The smallest absolute Gasteiger partial charge is 0.141 e. The summed E-state index contributed by atoms with van der Waals surface area (Å²) in [5.41, 5.74) is 0.674. The Morgan fingerprint density at radius 3 is 2.77 bits per heavy atom. The van der Waals surface area contributed by atoms with Crippen LogP contribution in [0, 0.1) is 5.82 Å². The van der Waals surface area contributed by atoms with E-state index >= 15 is 0 Å². The van der Waals surface area contributed by atoms with Crippen LogP contribution in [-0.4, -0.2) is 5.11 Å². The van der Waals surface area contributed by atoms with Crippen LogP contribution in [0.25, 0.3) is 0 Å². The zero-order valence-electron chi connectivity index (χ0n) is 7.43. The van der Waals surface area contributed by atoms with Crippen LogP contribution < -0.4 is 0 Å². The third-order valence-corrected chi connectivity index (χ3v) is 2.18. The summed E-state index contributed by atoms with van der Waals surface area (Å²) in [5.74, 6) is -0.450. The third kappa shape index (κ3) is 2.68. The number of rotatable bonds is 3. The Morgan fingerprint density at radius 1 is 1.54 bits per heavy atom. The Labute approximate surface area is 82.2 Å². The van der Waals surface area contributed by atoms with E-state index in [0.717, 1.165) is 6.42 Å². The first-order valence-electron chi connectivity index (χ1n) is 4.28. The van der Waals surface area contributed by atoms with E-state index in [1.807, 2.05) is 6.92 Å². The monoisotopic (exact) mass is 202 g/mol. The zero-order chi connectivity index (χ0) is 9.84. The summed E-state index contributed by atoms with van der Waals surface area (Å²) in [5, 5.41) is 9.62. The lowest BCUT2D eigenvalue weighted by molar-refractivity contribution is 0.166. The molecule has 1 nitrogen and oxygen atoms in total. The molecule has 0 aliphatic rings. The van der Waals surface area contributed by atoms with Crippen LogP contribution in [-0.2, 0) is 0 Å². The van der Waals surface area contributed by atoms with Gasteiger partial charge in [-0.05, 0) is 24.1 Å². The molecular formula is C10H12ClFO. The highest BCUT2D eigenvalue weighted by atomic mass is 35.5. The molecule has 0 unspecified atom stereocenters. The van der Waals surface area contributed by atoms with E-state index < -0.39 is 11.9 Å². The van der Waals surface area contributed by atoms with E-state index in [4.69, 9.17) is 11.6 Å². The molecular weight excluding hydrogens is 191 g/mol. The van der Waals surface area contributed by atoms with E-state index in [1.54, 1.807) is 6.07 Å². The van der Waals surface area contributed by atoms with E-state index in [2.05, 4.69) is 0 Å². The molecule has 13 heavy (non-hydrogen) atoms. The maximum Gasteiger partial charge on any atom is 0.141 e. The van der Waals surface area contributed by atoms with Crippen LogP contribution in [0.15, 0.2) is 18.2 Å². The van der Waals surface area contributed by atoms with Crippen molar-refractivity contribution in [2.24, 2.45) is 0 Å². The predicted molar refractivity (Wildman–Crippen MR) is 51.3 cm³/mol. The molecule has 3 heteroatoms. The highest BCUT2D eigenvalue weighted by molar-refractivity contribution is 6.30. The molecule has 0 heterocycles. The zero-order valence-corrected chi connectivity index (χ0v) is 8.18. The fourth-order valence-corrected chi connectivity index (χ4v) is 1.35. The van der Waals surface area contributed by atoms with E-state index in [9.17, 15) is 9.50 Å². The fraction of sp³-hybridized carbons (Fsp3) is 0.400. The lowest BCUT2D eigenvalue weighted by Crippen LogP contribution is -1.96. The minimum atomic E-state index is -0.539. The minimum Gasteiger partial charge on any atom is -0.388 e. The van der Waals surface area contributed by atoms with Crippen LogP contribution in [0.1, 0.15) is 31.4 Å². The molecule has 1 aromatic rings. The summed E-state index contributed by atoms with van der Waals surface area (Å²) < 4.78 is 12.7. The van der Waals surface area contributed by atoms with Crippen molar-refractivity contribution >= 4 is 11.6 Å². The molecule has 0 saturated heterocycles. The number of hydrogen-bond donors (Lipinski definition) is 1. The molecule has 1 rings (SSSR count). The molecule has 0 aromatic heterocycles. The van der Waals surface area contributed by atoms with Crippen molar-refractivity contribution < 1.29 is 9.50 Å². The Morgan fingerprint density at radius 2 is 2.23 bits per heavy atom. The summed E-state index contributed by atoms with van der Waals surface area (Å²) in [7, 11) is 0. The van der Waals surface area contributed by atoms with Crippen molar-refractivity contribution in [3.05, 3.63) is 34.6 Å². The van der Waals surface area contributed by atoms with Gasteiger partial charge in [0.2, 0.25) is 0 Å². The van der Waals surface area contributed by atoms with Crippen molar-refractivity contribution in [2.75, 3.05) is 0 Å².